The van der Waals surface area contributed by atoms with Crippen LogP contribution < -0.4 is 5.32 Å². The van der Waals surface area contributed by atoms with E-state index in [9.17, 15) is 9.59 Å². The number of carbonyl (C=O) groups excluding carboxylic acids is 2. The fourth-order valence-corrected chi connectivity index (χ4v) is 2.28. The molecule has 0 bridgehead atoms. The average molecular weight is 281 g/mol. The molecule has 0 saturated heterocycles. The van der Waals surface area contributed by atoms with Crippen molar-refractivity contribution in [2.24, 2.45) is 0 Å². The molecule has 3 heteroatoms. The van der Waals surface area contributed by atoms with E-state index in [0.29, 0.717) is 11.3 Å². The first-order valence-corrected chi connectivity index (χ1v) is 7.08. The Bertz CT molecular complexity index is 617. The summed E-state index contributed by atoms with van der Waals surface area (Å²) in [5.41, 5.74) is 2.36. The van der Waals surface area contributed by atoms with Gasteiger partial charge in [0.15, 0.2) is 5.78 Å². The van der Waals surface area contributed by atoms with Crippen LogP contribution in [0, 0.1) is 0 Å². The second-order valence-electron chi connectivity index (χ2n) is 4.99. The third-order valence-corrected chi connectivity index (χ3v) is 3.49. The number of nitrogens with one attached hydrogen (secondary N) is 1. The maximum Gasteiger partial charge on any atom is 0.231 e. The summed E-state index contributed by atoms with van der Waals surface area (Å²) in [7, 11) is 0. The molecule has 0 heterocycles. The number of amides is 1. The van der Waals surface area contributed by atoms with Crippen molar-refractivity contribution in [3.05, 3.63) is 65.7 Å². The van der Waals surface area contributed by atoms with E-state index < -0.39 is 0 Å². The Morgan fingerprint density at radius 1 is 1.00 bits per heavy atom. The van der Waals surface area contributed by atoms with Gasteiger partial charge in [-0.15, -0.1) is 0 Å². The minimum absolute atomic E-state index is 0.0172. The summed E-state index contributed by atoms with van der Waals surface area (Å²) in [6, 6.07) is 16.7. The standard InChI is InChI=1S/C18H19NO2/c1-3-17(15-7-5-4-6-8-15)18(21)19-16-11-9-14(10-12-16)13(2)20/h4-12,17H,3H2,1-2H3,(H,19,21)/t17-/m0/s1. The van der Waals surface area contributed by atoms with E-state index in [2.05, 4.69) is 5.32 Å². The summed E-state index contributed by atoms with van der Waals surface area (Å²) in [5.74, 6) is -0.179. The molecule has 0 aliphatic heterocycles. The Hall–Kier alpha value is -2.42. The van der Waals surface area contributed by atoms with E-state index in [1.54, 1.807) is 24.3 Å². The molecule has 2 rings (SSSR count). The lowest BCUT2D eigenvalue weighted by Gasteiger charge is -2.15. The molecular formula is C18H19NO2. The van der Waals surface area contributed by atoms with E-state index in [-0.39, 0.29) is 17.6 Å². The van der Waals surface area contributed by atoms with E-state index >= 15 is 0 Å². The number of rotatable bonds is 5. The first kappa shape index (κ1) is 15.0. The van der Waals surface area contributed by atoms with E-state index in [1.165, 1.54) is 6.92 Å². The van der Waals surface area contributed by atoms with Crippen molar-refractivity contribution in [3.63, 3.8) is 0 Å². The highest BCUT2D eigenvalue weighted by Crippen LogP contribution is 2.21. The fraction of sp³-hybridized carbons (Fsp3) is 0.222. The van der Waals surface area contributed by atoms with Crippen LogP contribution in [0.25, 0.3) is 0 Å². The molecule has 0 unspecified atom stereocenters. The highest BCUT2D eigenvalue weighted by Gasteiger charge is 2.18. The van der Waals surface area contributed by atoms with Crippen LogP contribution in [0.3, 0.4) is 0 Å². The van der Waals surface area contributed by atoms with E-state index in [0.717, 1.165) is 12.0 Å². The first-order valence-electron chi connectivity index (χ1n) is 7.08. The van der Waals surface area contributed by atoms with Crippen molar-refractivity contribution in [3.8, 4) is 0 Å². The zero-order valence-corrected chi connectivity index (χ0v) is 12.3. The van der Waals surface area contributed by atoms with Crippen molar-refractivity contribution < 1.29 is 9.59 Å². The zero-order valence-electron chi connectivity index (χ0n) is 12.3. The normalized spacial score (nSPS) is 11.7. The highest BCUT2D eigenvalue weighted by atomic mass is 16.2. The lowest BCUT2D eigenvalue weighted by atomic mass is 9.95. The van der Waals surface area contributed by atoms with Gasteiger partial charge in [0.05, 0.1) is 5.92 Å². The fourth-order valence-electron chi connectivity index (χ4n) is 2.28. The van der Waals surface area contributed by atoms with Gasteiger partial charge in [-0.05, 0) is 43.2 Å². The van der Waals surface area contributed by atoms with Crippen molar-refractivity contribution in [2.45, 2.75) is 26.2 Å². The van der Waals surface area contributed by atoms with Crippen LogP contribution in [0.2, 0.25) is 0 Å². The van der Waals surface area contributed by atoms with Gasteiger partial charge in [0.2, 0.25) is 5.91 Å². The molecule has 1 N–H and O–H groups in total. The summed E-state index contributed by atoms with van der Waals surface area (Å²) in [4.78, 5) is 23.6. The molecule has 1 amide bonds. The topological polar surface area (TPSA) is 46.2 Å². The lowest BCUT2D eigenvalue weighted by molar-refractivity contribution is -0.117. The third kappa shape index (κ3) is 3.78. The molecule has 0 fully saturated rings. The van der Waals surface area contributed by atoms with Crippen molar-refractivity contribution in [1.82, 2.24) is 0 Å². The predicted octanol–water partition coefficient (Wildman–Crippen LogP) is 4.02. The van der Waals surface area contributed by atoms with Crippen LogP contribution in [0.4, 0.5) is 5.69 Å². The number of hydrogen-bond acceptors (Lipinski definition) is 2. The summed E-state index contributed by atoms with van der Waals surface area (Å²) in [6.07, 6.45) is 0.737. The van der Waals surface area contributed by atoms with Gasteiger partial charge < -0.3 is 5.32 Å². The highest BCUT2D eigenvalue weighted by molar-refractivity contribution is 5.97. The molecule has 0 aliphatic carbocycles. The lowest BCUT2D eigenvalue weighted by Crippen LogP contribution is -2.20. The Morgan fingerprint density at radius 2 is 1.62 bits per heavy atom. The predicted molar refractivity (Wildman–Crippen MR) is 84.6 cm³/mol. The molecule has 0 spiro atoms. The van der Waals surface area contributed by atoms with Crippen molar-refractivity contribution in [1.29, 1.82) is 0 Å². The minimum Gasteiger partial charge on any atom is -0.326 e. The molecule has 0 radical (unpaired) electrons. The van der Waals surface area contributed by atoms with Crippen LogP contribution in [-0.2, 0) is 4.79 Å². The number of Topliss-reactive ketones (excluding diaryl/α,β-unsaturated/α-hetero) is 1. The van der Waals surface area contributed by atoms with Gasteiger partial charge in [0, 0.05) is 11.3 Å². The summed E-state index contributed by atoms with van der Waals surface area (Å²) in [6.45, 7) is 3.52. The summed E-state index contributed by atoms with van der Waals surface area (Å²) < 4.78 is 0. The monoisotopic (exact) mass is 281 g/mol. The Balaban J connectivity index is 2.11. The van der Waals surface area contributed by atoms with E-state index in [4.69, 9.17) is 0 Å². The molecule has 2 aromatic carbocycles. The van der Waals surface area contributed by atoms with Gasteiger partial charge in [-0.3, -0.25) is 9.59 Å². The number of benzene rings is 2. The van der Waals surface area contributed by atoms with Crippen LogP contribution in [0.15, 0.2) is 54.6 Å². The molecule has 0 aromatic heterocycles. The molecule has 3 nitrogen and oxygen atoms in total. The quantitative estimate of drug-likeness (QED) is 0.841. The summed E-state index contributed by atoms with van der Waals surface area (Å²) in [5, 5.41) is 2.91. The van der Waals surface area contributed by atoms with Gasteiger partial charge in [0.1, 0.15) is 0 Å². The summed E-state index contributed by atoms with van der Waals surface area (Å²) >= 11 is 0. The van der Waals surface area contributed by atoms with Crippen molar-refractivity contribution in [2.75, 3.05) is 5.32 Å². The Kier molecular flexibility index (Phi) is 4.88. The largest absolute Gasteiger partial charge is 0.326 e. The molecule has 0 saturated carbocycles. The second kappa shape index (κ2) is 6.84. The van der Waals surface area contributed by atoms with Crippen LogP contribution in [0.5, 0.6) is 0 Å². The van der Waals surface area contributed by atoms with Crippen molar-refractivity contribution >= 4 is 17.4 Å². The van der Waals surface area contributed by atoms with Crippen LogP contribution in [-0.4, -0.2) is 11.7 Å². The number of anilines is 1. The minimum atomic E-state index is -0.168. The molecule has 0 aliphatic rings. The molecule has 1 atom stereocenters. The maximum atomic E-state index is 12.4. The van der Waals surface area contributed by atoms with Crippen LogP contribution in [0.1, 0.15) is 42.1 Å². The first-order chi connectivity index (χ1) is 10.1. The smallest absolute Gasteiger partial charge is 0.231 e. The van der Waals surface area contributed by atoms with Gasteiger partial charge >= 0.3 is 0 Å². The van der Waals surface area contributed by atoms with Crippen LogP contribution >= 0.6 is 0 Å². The third-order valence-electron chi connectivity index (χ3n) is 3.49. The van der Waals surface area contributed by atoms with Gasteiger partial charge in [-0.1, -0.05) is 37.3 Å². The maximum absolute atomic E-state index is 12.4. The number of carbonyl (C=O) groups is 2. The SMILES string of the molecule is CC[C@H](C(=O)Nc1ccc(C(C)=O)cc1)c1ccccc1. The molecular weight excluding hydrogens is 262 g/mol. The Morgan fingerprint density at radius 3 is 2.14 bits per heavy atom. The second-order valence-corrected chi connectivity index (χ2v) is 4.99. The van der Waals surface area contributed by atoms with Gasteiger partial charge in [-0.2, -0.15) is 0 Å². The molecule has 108 valence electrons. The zero-order chi connectivity index (χ0) is 15.2. The molecule has 2 aromatic rings. The number of ketones is 1. The average Bonchev–Trinajstić information content (AvgIpc) is 2.49. The number of hydrogen-bond donors (Lipinski definition) is 1. The Labute approximate surface area is 125 Å². The van der Waals surface area contributed by atoms with Gasteiger partial charge in [0.25, 0.3) is 0 Å². The molecule has 21 heavy (non-hydrogen) atoms. The van der Waals surface area contributed by atoms with E-state index in [1.807, 2.05) is 37.3 Å². The van der Waals surface area contributed by atoms with Gasteiger partial charge in [-0.25, -0.2) is 0 Å².